The minimum Gasteiger partial charge on any atom is -0.271 e. The molecule has 0 saturated heterocycles. The Hall–Kier alpha value is -1.49. The smallest absolute Gasteiger partial charge is 0.127 e. The van der Waals surface area contributed by atoms with Crippen LogP contribution in [0.5, 0.6) is 0 Å². The van der Waals surface area contributed by atoms with E-state index in [-0.39, 0.29) is 24.1 Å². The molecule has 0 bridgehead atoms. The van der Waals surface area contributed by atoms with Gasteiger partial charge in [-0.3, -0.25) is 11.3 Å². The van der Waals surface area contributed by atoms with Crippen molar-refractivity contribution in [2.45, 2.75) is 19.4 Å². The van der Waals surface area contributed by atoms with Gasteiger partial charge in [-0.25, -0.2) is 8.78 Å². The number of hydrogen-bond acceptors (Lipinski definition) is 2. The first kappa shape index (κ1) is 14.9. The summed E-state index contributed by atoms with van der Waals surface area (Å²) >= 11 is 6.01. The molecule has 0 aliphatic heterocycles. The second kappa shape index (κ2) is 6.31. The summed E-state index contributed by atoms with van der Waals surface area (Å²) in [6.07, 6.45) is 0.285. The van der Waals surface area contributed by atoms with Crippen LogP contribution in [0.1, 0.15) is 22.7 Å². The van der Waals surface area contributed by atoms with Gasteiger partial charge in [-0.2, -0.15) is 0 Å². The molecular weight excluding hydrogens is 282 g/mol. The summed E-state index contributed by atoms with van der Waals surface area (Å²) in [5.74, 6) is 4.87. The second-order valence-electron chi connectivity index (χ2n) is 4.63. The van der Waals surface area contributed by atoms with Crippen LogP contribution in [-0.2, 0) is 6.42 Å². The van der Waals surface area contributed by atoms with Crippen LogP contribution >= 0.6 is 11.6 Å². The van der Waals surface area contributed by atoms with Gasteiger partial charge in [0.2, 0.25) is 0 Å². The average Bonchev–Trinajstić information content (AvgIpc) is 2.42. The van der Waals surface area contributed by atoms with E-state index in [9.17, 15) is 8.78 Å². The molecule has 2 nitrogen and oxygen atoms in total. The van der Waals surface area contributed by atoms with E-state index in [2.05, 4.69) is 5.43 Å². The maximum Gasteiger partial charge on any atom is 0.127 e. The van der Waals surface area contributed by atoms with E-state index >= 15 is 0 Å². The molecule has 0 spiro atoms. The lowest BCUT2D eigenvalue weighted by molar-refractivity contribution is 0.527. The summed E-state index contributed by atoms with van der Waals surface area (Å²) < 4.78 is 27.1. The summed E-state index contributed by atoms with van der Waals surface area (Å²) in [7, 11) is 0. The zero-order valence-electron chi connectivity index (χ0n) is 11.0. The van der Waals surface area contributed by atoms with Crippen molar-refractivity contribution in [3.63, 3.8) is 0 Å². The molecule has 3 N–H and O–H groups in total. The predicted molar refractivity (Wildman–Crippen MR) is 76.3 cm³/mol. The SMILES string of the molecule is Cc1cc(C(Cc2c(F)cccc2Cl)NN)ccc1F. The third-order valence-electron chi connectivity index (χ3n) is 3.26. The fourth-order valence-electron chi connectivity index (χ4n) is 2.09. The van der Waals surface area contributed by atoms with E-state index in [1.165, 1.54) is 12.1 Å². The van der Waals surface area contributed by atoms with Crippen molar-refractivity contribution in [2.75, 3.05) is 0 Å². The fourth-order valence-corrected chi connectivity index (χ4v) is 2.33. The molecule has 1 atom stereocenters. The first-order chi connectivity index (χ1) is 9.52. The van der Waals surface area contributed by atoms with E-state index in [1.54, 1.807) is 31.2 Å². The van der Waals surface area contributed by atoms with E-state index < -0.39 is 0 Å². The maximum absolute atomic E-state index is 13.8. The van der Waals surface area contributed by atoms with Gasteiger partial charge in [0, 0.05) is 10.6 Å². The molecule has 0 radical (unpaired) electrons. The van der Waals surface area contributed by atoms with Crippen molar-refractivity contribution in [3.05, 3.63) is 69.7 Å². The van der Waals surface area contributed by atoms with Gasteiger partial charge in [0.25, 0.3) is 0 Å². The van der Waals surface area contributed by atoms with Gasteiger partial charge in [-0.1, -0.05) is 29.8 Å². The van der Waals surface area contributed by atoms with E-state index in [0.717, 1.165) is 5.56 Å². The lowest BCUT2D eigenvalue weighted by Gasteiger charge is -2.18. The molecule has 0 amide bonds. The maximum atomic E-state index is 13.8. The van der Waals surface area contributed by atoms with Crippen molar-refractivity contribution in [3.8, 4) is 0 Å². The van der Waals surface area contributed by atoms with Crippen molar-refractivity contribution in [1.82, 2.24) is 5.43 Å². The highest BCUT2D eigenvalue weighted by atomic mass is 35.5. The molecule has 2 aromatic carbocycles. The van der Waals surface area contributed by atoms with Gasteiger partial charge >= 0.3 is 0 Å². The number of nitrogens with one attached hydrogen (secondary N) is 1. The van der Waals surface area contributed by atoms with Crippen molar-refractivity contribution >= 4 is 11.6 Å². The number of benzene rings is 2. The Morgan fingerprint density at radius 3 is 2.55 bits per heavy atom. The van der Waals surface area contributed by atoms with Crippen molar-refractivity contribution in [2.24, 2.45) is 5.84 Å². The van der Waals surface area contributed by atoms with Gasteiger partial charge in [0.15, 0.2) is 0 Å². The van der Waals surface area contributed by atoms with Crippen LogP contribution in [0.4, 0.5) is 8.78 Å². The van der Waals surface area contributed by atoms with Gasteiger partial charge in [0.05, 0.1) is 6.04 Å². The van der Waals surface area contributed by atoms with Gasteiger partial charge in [0.1, 0.15) is 11.6 Å². The summed E-state index contributed by atoms with van der Waals surface area (Å²) in [6, 6.07) is 8.87. The van der Waals surface area contributed by atoms with Crippen molar-refractivity contribution < 1.29 is 8.78 Å². The van der Waals surface area contributed by atoms with Crippen LogP contribution in [0.3, 0.4) is 0 Å². The third-order valence-corrected chi connectivity index (χ3v) is 3.61. The quantitative estimate of drug-likeness (QED) is 0.667. The Morgan fingerprint density at radius 2 is 1.95 bits per heavy atom. The van der Waals surface area contributed by atoms with Crippen LogP contribution in [0.2, 0.25) is 5.02 Å². The summed E-state index contributed by atoms with van der Waals surface area (Å²) in [5, 5.41) is 0.351. The normalized spacial score (nSPS) is 12.4. The predicted octanol–water partition coefficient (Wildman–Crippen LogP) is 3.67. The summed E-state index contributed by atoms with van der Waals surface area (Å²) in [4.78, 5) is 0. The fraction of sp³-hybridized carbons (Fsp3) is 0.200. The molecule has 1 unspecified atom stereocenters. The molecular formula is C15H15ClF2N2. The van der Waals surface area contributed by atoms with Crippen LogP contribution < -0.4 is 11.3 Å². The molecule has 5 heteroatoms. The summed E-state index contributed by atoms with van der Waals surface area (Å²) in [5.41, 5.74) is 4.31. The molecule has 0 heterocycles. The monoisotopic (exact) mass is 296 g/mol. The van der Waals surface area contributed by atoms with E-state index in [4.69, 9.17) is 17.4 Å². The molecule has 0 aromatic heterocycles. The zero-order chi connectivity index (χ0) is 14.7. The molecule has 2 rings (SSSR count). The first-order valence-electron chi connectivity index (χ1n) is 6.18. The highest BCUT2D eigenvalue weighted by Crippen LogP contribution is 2.26. The van der Waals surface area contributed by atoms with Gasteiger partial charge in [-0.15, -0.1) is 0 Å². The molecule has 0 aliphatic rings. The number of halogens is 3. The zero-order valence-corrected chi connectivity index (χ0v) is 11.7. The Balaban J connectivity index is 2.31. The second-order valence-corrected chi connectivity index (χ2v) is 5.04. The molecule has 0 fully saturated rings. The van der Waals surface area contributed by atoms with Crippen LogP contribution in [-0.4, -0.2) is 0 Å². The summed E-state index contributed by atoms with van der Waals surface area (Å²) in [6.45, 7) is 1.67. The Labute approximate surface area is 121 Å². The molecule has 0 saturated carbocycles. The minimum absolute atomic E-state index is 0.284. The van der Waals surface area contributed by atoms with Crippen LogP contribution in [0, 0.1) is 18.6 Å². The Kier molecular flexibility index (Phi) is 4.70. The molecule has 2 aromatic rings. The number of hydrogen-bond donors (Lipinski definition) is 2. The Bertz CT molecular complexity index is 597. The highest BCUT2D eigenvalue weighted by molar-refractivity contribution is 6.31. The largest absolute Gasteiger partial charge is 0.271 e. The average molecular weight is 297 g/mol. The van der Waals surface area contributed by atoms with E-state index in [0.29, 0.717) is 16.1 Å². The van der Waals surface area contributed by atoms with Crippen LogP contribution in [0.15, 0.2) is 36.4 Å². The number of rotatable bonds is 4. The molecule has 106 valence electrons. The van der Waals surface area contributed by atoms with E-state index in [1.807, 2.05) is 0 Å². The topological polar surface area (TPSA) is 38.0 Å². The lowest BCUT2D eigenvalue weighted by atomic mass is 9.97. The Morgan fingerprint density at radius 1 is 1.20 bits per heavy atom. The lowest BCUT2D eigenvalue weighted by Crippen LogP contribution is -2.30. The number of hydrazine groups is 1. The van der Waals surface area contributed by atoms with Crippen LogP contribution in [0.25, 0.3) is 0 Å². The number of aryl methyl sites for hydroxylation is 1. The van der Waals surface area contributed by atoms with Crippen molar-refractivity contribution in [1.29, 1.82) is 0 Å². The van der Waals surface area contributed by atoms with Gasteiger partial charge in [-0.05, 0) is 42.7 Å². The third kappa shape index (κ3) is 3.15. The first-order valence-corrected chi connectivity index (χ1v) is 6.55. The van der Waals surface area contributed by atoms with Gasteiger partial charge < -0.3 is 0 Å². The molecule has 0 aliphatic carbocycles. The molecule has 20 heavy (non-hydrogen) atoms. The minimum atomic E-state index is -0.378. The standard InChI is InChI=1S/C15H15ClF2N2/c1-9-7-10(5-6-13(9)17)15(20-19)8-11-12(16)3-2-4-14(11)18/h2-7,15,20H,8,19H2,1H3. The number of nitrogens with two attached hydrogens (primary N) is 1. The highest BCUT2D eigenvalue weighted by Gasteiger charge is 2.16.